The molecule has 0 amide bonds. The van der Waals surface area contributed by atoms with Crippen molar-refractivity contribution >= 4 is 24.0 Å². The summed E-state index contributed by atoms with van der Waals surface area (Å²) in [5, 5.41) is 3.28. The lowest BCUT2D eigenvalue weighted by Crippen LogP contribution is -2.22. The number of ketones is 1. The summed E-state index contributed by atoms with van der Waals surface area (Å²) in [6, 6.07) is 17.6. The summed E-state index contributed by atoms with van der Waals surface area (Å²) >= 11 is 0. The Kier molecular flexibility index (Phi) is 7.44. The minimum atomic E-state index is -0.863. The molecule has 0 saturated carbocycles. The van der Waals surface area contributed by atoms with Crippen molar-refractivity contribution in [2.24, 2.45) is 5.73 Å². The number of aromatic nitrogens is 1. The van der Waals surface area contributed by atoms with E-state index in [1.54, 1.807) is 24.4 Å². The van der Waals surface area contributed by atoms with Gasteiger partial charge in [-0.3, -0.25) is 4.79 Å². The number of anilines is 1. The van der Waals surface area contributed by atoms with Crippen LogP contribution < -0.4 is 11.1 Å². The van der Waals surface area contributed by atoms with Crippen LogP contribution in [0, 0.1) is 5.82 Å². The van der Waals surface area contributed by atoms with Gasteiger partial charge in [0.2, 0.25) is 0 Å². The highest BCUT2D eigenvalue weighted by molar-refractivity contribution is 6.00. The molecule has 4 nitrogen and oxygen atoms in total. The Hall–Kier alpha value is -3.02. The van der Waals surface area contributed by atoms with Gasteiger partial charge in [-0.05, 0) is 47.5 Å². The SMILES string of the molecule is C=CC(Nc1cc(C(N)C(=O)c2ccc(F)cc2)ccn1)c1ccccc1.Cl. The molecule has 0 spiro atoms. The van der Waals surface area contributed by atoms with Gasteiger partial charge >= 0.3 is 0 Å². The Balaban J connectivity index is 0.00000280. The van der Waals surface area contributed by atoms with Crippen molar-refractivity contribution in [2.45, 2.75) is 12.1 Å². The summed E-state index contributed by atoms with van der Waals surface area (Å²) in [4.78, 5) is 16.9. The minimum Gasteiger partial charge on any atom is -0.360 e. The molecule has 1 aromatic heterocycles. The lowest BCUT2D eigenvalue weighted by atomic mass is 9.99. The zero-order valence-electron chi connectivity index (χ0n) is 15.1. The van der Waals surface area contributed by atoms with Crippen LogP contribution in [0.15, 0.2) is 85.6 Å². The molecule has 3 aromatic rings. The molecule has 0 saturated heterocycles. The summed E-state index contributed by atoms with van der Waals surface area (Å²) in [6.45, 7) is 3.87. The zero-order valence-corrected chi connectivity index (χ0v) is 15.9. The molecule has 2 unspecified atom stereocenters. The molecule has 0 aliphatic carbocycles. The summed E-state index contributed by atoms with van der Waals surface area (Å²) in [5.41, 5.74) is 8.17. The number of pyridine rings is 1. The first-order chi connectivity index (χ1) is 13.1. The Labute approximate surface area is 169 Å². The summed E-state index contributed by atoms with van der Waals surface area (Å²) < 4.78 is 13.1. The third kappa shape index (κ3) is 5.03. The second kappa shape index (κ2) is 9.78. The maximum absolute atomic E-state index is 13.1. The number of benzene rings is 2. The van der Waals surface area contributed by atoms with Crippen LogP contribution in [0.4, 0.5) is 10.2 Å². The number of rotatable bonds is 7. The minimum absolute atomic E-state index is 0. The molecule has 1 heterocycles. The number of nitrogens with zero attached hydrogens (tertiary/aromatic N) is 1. The van der Waals surface area contributed by atoms with Crippen molar-refractivity contribution in [1.29, 1.82) is 0 Å². The zero-order chi connectivity index (χ0) is 19.2. The number of carbonyl (C=O) groups is 1. The number of carbonyl (C=O) groups excluding carboxylic acids is 1. The third-order valence-electron chi connectivity index (χ3n) is 4.25. The predicted molar refractivity (Wildman–Crippen MR) is 112 cm³/mol. The van der Waals surface area contributed by atoms with Gasteiger partial charge in [0.1, 0.15) is 11.6 Å². The van der Waals surface area contributed by atoms with Crippen LogP contribution in [0.5, 0.6) is 0 Å². The molecule has 28 heavy (non-hydrogen) atoms. The lowest BCUT2D eigenvalue weighted by Gasteiger charge is -2.17. The van der Waals surface area contributed by atoms with Crippen LogP contribution in [0.3, 0.4) is 0 Å². The standard InChI is InChI=1S/C22H20FN3O.ClH/c1-2-19(15-6-4-3-5-7-15)26-20-14-17(12-13-25-20)21(24)22(27)16-8-10-18(23)11-9-16;/h2-14,19,21H,1,24H2,(H,25,26);1H. The van der Waals surface area contributed by atoms with E-state index in [1.807, 2.05) is 30.3 Å². The van der Waals surface area contributed by atoms with Gasteiger partial charge in [-0.25, -0.2) is 9.37 Å². The molecule has 0 aliphatic rings. The van der Waals surface area contributed by atoms with Gasteiger partial charge in [-0.2, -0.15) is 0 Å². The Morgan fingerprint density at radius 3 is 2.39 bits per heavy atom. The quantitative estimate of drug-likeness (QED) is 0.441. The van der Waals surface area contributed by atoms with Crippen LogP contribution in [-0.2, 0) is 0 Å². The largest absolute Gasteiger partial charge is 0.360 e. The van der Waals surface area contributed by atoms with Gasteiger partial charge in [0.05, 0.1) is 12.1 Å². The highest BCUT2D eigenvalue weighted by Gasteiger charge is 2.19. The van der Waals surface area contributed by atoms with Crippen molar-refractivity contribution < 1.29 is 9.18 Å². The summed E-state index contributed by atoms with van der Waals surface area (Å²) in [7, 11) is 0. The molecule has 3 rings (SSSR count). The molecule has 2 atom stereocenters. The number of nitrogens with two attached hydrogens (primary N) is 1. The highest BCUT2D eigenvalue weighted by Crippen LogP contribution is 2.22. The first-order valence-electron chi connectivity index (χ1n) is 8.54. The Morgan fingerprint density at radius 2 is 1.75 bits per heavy atom. The van der Waals surface area contributed by atoms with Crippen LogP contribution in [0.25, 0.3) is 0 Å². The van der Waals surface area contributed by atoms with Crippen molar-refractivity contribution in [3.63, 3.8) is 0 Å². The normalized spacial score (nSPS) is 12.4. The fourth-order valence-electron chi connectivity index (χ4n) is 2.76. The van der Waals surface area contributed by atoms with E-state index in [-0.39, 0.29) is 24.2 Å². The molecule has 2 aromatic carbocycles. The van der Waals surface area contributed by atoms with Crippen LogP contribution >= 0.6 is 12.4 Å². The maximum atomic E-state index is 13.1. The first-order valence-corrected chi connectivity index (χ1v) is 8.54. The van der Waals surface area contributed by atoms with Crippen LogP contribution in [0.2, 0.25) is 0 Å². The molecule has 0 fully saturated rings. The lowest BCUT2D eigenvalue weighted by molar-refractivity contribution is 0.0961. The first kappa shape index (κ1) is 21.3. The van der Waals surface area contributed by atoms with E-state index in [0.29, 0.717) is 16.9 Å². The molecule has 6 heteroatoms. The van der Waals surface area contributed by atoms with Gasteiger partial charge in [0.15, 0.2) is 5.78 Å². The molecule has 3 N–H and O–H groups in total. The maximum Gasteiger partial charge on any atom is 0.184 e. The molecule has 0 aliphatic heterocycles. The van der Waals surface area contributed by atoms with Gasteiger partial charge in [-0.1, -0.05) is 36.4 Å². The van der Waals surface area contributed by atoms with Crippen molar-refractivity contribution in [1.82, 2.24) is 4.98 Å². The molecule has 144 valence electrons. The number of hydrogen-bond acceptors (Lipinski definition) is 4. The van der Waals surface area contributed by atoms with Gasteiger partial charge in [0, 0.05) is 11.8 Å². The van der Waals surface area contributed by atoms with E-state index in [9.17, 15) is 9.18 Å². The van der Waals surface area contributed by atoms with E-state index in [0.717, 1.165) is 5.56 Å². The number of Topliss-reactive ketones (excluding diaryl/α,β-unsaturated/α-hetero) is 1. The molecule has 0 radical (unpaired) electrons. The highest BCUT2D eigenvalue weighted by atomic mass is 35.5. The van der Waals surface area contributed by atoms with Crippen molar-refractivity contribution in [2.75, 3.05) is 5.32 Å². The van der Waals surface area contributed by atoms with E-state index in [2.05, 4.69) is 16.9 Å². The average molecular weight is 398 g/mol. The smallest absolute Gasteiger partial charge is 0.184 e. The van der Waals surface area contributed by atoms with E-state index >= 15 is 0 Å². The van der Waals surface area contributed by atoms with E-state index in [4.69, 9.17) is 5.73 Å². The number of hydrogen-bond donors (Lipinski definition) is 2. The second-order valence-corrected chi connectivity index (χ2v) is 6.09. The Bertz CT molecular complexity index is 932. The molecular weight excluding hydrogens is 377 g/mol. The van der Waals surface area contributed by atoms with Gasteiger partial charge in [-0.15, -0.1) is 19.0 Å². The molecular formula is C22H21ClFN3O. The summed E-state index contributed by atoms with van der Waals surface area (Å²) in [5.74, 6) is -0.0917. The second-order valence-electron chi connectivity index (χ2n) is 6.09. The van der Waals surface area contributed by atoms with Gasteiger partial charge in [0.25, 0.3) is 0 Å². The topological polar surface area (TPSA) is 68.0 Å². The fraction of sp³-hybridized carbons (Fsp3) is 0.0909. The average Bonchev–Trinajstić information content (AvgIpc) is 2.72. The van der Waals surface area contributed by atoms with Crippen molar-refractivity contribution in [3.8, 4) is 0 Å². The number of halogens is 2. The van der Waals surface area contributed by atoms with E-state index < -0.39 is 11.9 Å². The third-order valence-corrected chi connectivity index (χ3v) is 4.25. The fourth-order valence-corrected chi connectivity index (χ4v) is 2.76. The monoisotopic (exact) mass is 397 g/mol. The Morgan fingerprint density at radius 1 is 1.07 bits per heavy atom. The van der Waals surface area contributed by atoms with Crippen LogP contribution in [-0.4, -0.2) is 10.8 Å². The van der Waals surface area contributed by atoms with E-state index in [1.165, 1.54) is 24.3 Å². The van der Waals surface area contributed by atoms with Crippen LogP contribution in [0.1, 0.15) is 33.6 Å². The number of nitrogens with one attached hydrogen (secondary N) is 1. The van der Waals surface area contributed by atoms with Crippen molar-refractivity contribution in [3.05, 3.63) is 108 Å². The summed E-state index contributed by atoms with van der Waals surface area (Å²) in [6.07, 6.45) is 3.38. The predicted octanol–water partition coefficient (Wildman–Crippen LogP) is 4.86. The molecule has 0 bridgehead atoms. The van der Waals surface area contributed by atoms with Gasteiger partial charge < -0.3 is 11.1 Å².